The quantitative estimate of drug-likeness (QED) is 0.244. The van der Waals surface area contributed by atoms with Crippen molar-refractivity contribution in [2.45, 2.75) is 50.2 Å². The monoisotopic (exact) mass is 632 g/mol. The first-order valence-electron chi connectivity index (χ1n) is 15.8. The number of aromatic nitrogens is 2. The molecule has 12 heteroatoms. The average Bonchev–Trinajstić information content (AvgIpc) is 3.41. The predicted octanol–water partition coefficient (Wildman–Crippen LogP) is 2.40. The summed E-state index contributed by atoms with van der Waals surface area (Å²) in [4.78, 5) is 49.4. The summed E-state index contributed by atoms with van der Waals surface area (Å²) >= 11 is 6.38. The second-order valence-electron chi connectivity index (χ2n) is 12.3. The summed E-state index contributed by atoms with van der Waals surface area (Å²) < 4.78 is 1.80. The zero-order chi connectivity index (χ0) is 31.5. The predicted molar refractivity (Wildman–Crippen MR) is 176 cm³/mol. The van der Waals surface area contributed by atoms with Crippen LogP contribution in [0.2, 0.25) is 5.02 Å². The number of piperidine rings is 2. The van der Waals surface area contributed by atoms with Crippen LogP contribution in [0.5, 0.6) is 0 Å². The van der Waals surface area contributed by atoms with Crippen LogP contribution in [0.1, 0.15) is 42.9 Å². The maximum Gasteiger partial charge on any atom is 0.326 e. The van der Waals surface area contributed by atoms with Gasteiger partial charge < -0.3 is 31.2 Å². The maximum absolute atomic E-state index is 14.0. The molecule has 3 amide bonds. The number of carbonyl (C=O) groups excluding carboxylic acids is 2. The van der Waals surface area contributed by atoms with Gasteiger partial charge in [0.1, 0.15) is 6.04 Å². The van der Waals surface area contributed by atoms with Gasteiger partial charge in [-0.25, -0.2) is 9.59 Å². The largest absolute Gasteiger partial charge is 0.397 e. The number of nitrogen functional groups attached to an aromatic ring is 1. The third-order valence-electron chi connectivity index (χ3n) is 9.57. The molecule has 3 fully saturated rings. The zero-order valence-electron chi connectivity index (χ0n) is 25.4. The van der Waals surface area contributed by atoms with Gasteiger partial charge in [0.25, 0.3) is 0 Å². The molecule has 3 saturated heterocycles. The van der Waals surface area contributed by atoms with Gasteiger partial charge in [-0.2, -0.15) is 0 Å². The number of hydrogen-bond donors (Lipinski definition) is 4. The third-order valence-corrected chi connectivity index (χ3v) is 9.88. The molecule has 0 aliphatic carbocycles. The van der Waals surface area contributed by atoms with E-state index in [4.69, 9.17) is 23.8 Å². The highest BCUT2D eigenvalue weighted by Crippen LogP contribution is 2.27. The van der Waals surface area contributed by atoms with Crippen LogP contribution in [0, 0.1) is 12.3 Å². The fourth-order valence-corrected chi connectivity index (χ4v) is 7.31. The standard InChI is InChI=1S/C33H41ClN8O3/c1-2-23-19-22(20-26(34)30(23)35)21-28(31(43)40-13-7-24(8-14-40)39-17-11-36-12-18-39)38-32(44)41-15-9-25(10-16-41)42-29-6-4-3-5-27(29)37-33(42)45/h1,3-6,19-20,24-25,28,36H,7-18,21,35H2,(H,37,45)(H,38,44)/t28-/m1/s1. The van der Waals surface area contributed by atoms with Crippen molar-refractivity contribution >= 4 is 40.3 Å². The number of anilines is 1. The van der Waals surface area contributed by atoms with Gasteiger partial charge in [-0.3, -0.25) is 14.3 Å². The van der Waals surface area contributed by atoms with Crippen LogP contribution in [0.15, 0.2) is 41.2 Å². The number of nitrogens with zero attached hydrogens (tertiary/aromatic N) is 4. The average molecular weight is 633 g/mol. The van der Waals surface area contributed by atoms with Crippen molar-refractivity contribution in [3.63, 3.8) is 0 Å². The number of piperazine rings is 1. The molecular weight excluding hydrogens is 592 g/mol. The van der Waals surface area contributed by atoms with Gasteiger partial charge in [-0.05, 0) is 55.5 Å². The normalized spacial score (nSPS) is 19.4. The van der Waals surface area contributed by atoms with Crippen LogP contribution < -0.4 is 22.1 Å². The van der Waals surface area contributed by atoms with Crippen molar-refractivity contribution in [1.29, 1.82) is 0 Å². The maximum atomic E-state index is 14.0. The van der Waals surface area contributed by atoms with Crippen LogP contribution >= 0.6 is 11.6 Å². The smallest absolute Gasteiger partial charge is 0.326 e. The summed E-state index contributed by atoms with van der Waals surface area (Å²) in [6.45, 7) is 6.25. The molecule has 3 aliphatic rings. The van der Waals surface area contributed by atoms with Gasteiger partial charge in [0.05, 0.1) is 21.7 Å². The first kappa shape index (κ1) is 31.0. The van der Waals surface area contributed by atoms with E-state index in [9.17, 15) is 14.4 Å². The molecule has 5 N–H and O–H groups in total. The minimum absolute atomic E-state index is 0.0220. The number of likely N-dealkylation sites (tertiary alicyclic amines) is 2. The van der Waals surface area contributed by atoms with Crippen LogP contribution in [-0.4, -0.2) is 101 Å². The minimum Gasteiger partial charge on any atom is -0.397 e. The van der Waals surface area contributed by atoms with Crippen LogP contribution in [-0.2, 0) is 11.2 Å². The van der Waals surface area contributed by atoms with Crippen molar-refractivity contribution in [3.05, 3.63) is 63.0 Å². The molecule has 0 unspecified atom stereocenters. The number of benzene rings is 2. The minimum atomic E-state index is -0.799. The van der Waals surface area contributed by atoms with E-state index in [0.29, 0.717) is 61.3 Å². The molecule has 3 aromatic rings. The molecule has 1 aromatic heterocycles. The topological polar surface area (TPSA) is 132 Å². The van der Waals surface area contributed by atoms with E-state index in [0.717, 1.165) is 55.6 Å². The van der Waals surface area contributed by atoms with Gasteiger partial charge in [0, 0.05) is 76.4 Å². The summed E-state index contributed by atoms with van der Waals surface area (Å²) in [7, 11) is 0. The Balaban J connectivity index is 1.14. The highest BCUT2D eigenvalue weighted by Gasteiger charge is 2.34. The summed E-state index contributed by atoms with van der Waals surface area (Å²) in [5, 5.41) is 6.77. The molecular formula is C33H41ClN8O3. The van der Waals surface area contributed by atoms with E-state index < -0.39 is 6.04 Å². The molecule has 45 heavy (non-hydrogen) atoms. The van der Waals surface area contributed by atoms with Crippen molar-refractivity contribution in [2.75, 3.05) is 58.1 Å². The molecule has 0 radical (unpaired) electrons. The molecule has 11 nitrogen and oxygen atoms in total. The lowest BCUT2D eigenvalue weighted by molar-refractivity contribution is -0.134. The number of terminal acetylenes is 1. The van der Waals surface area contributed by atoms with E-state index in [2.05, 4.69) is 26.4 Å². The second kappa shape index (κ2) is 13.6. The first-order chi connectivity index (χ1) is 21.8. The van der Waals surface area contributed by atoms with Crippen molar-refractivity contribution in [3.8, 4) is 12.3 Å². The first-order valence-corrected chi connectivity index (χ1v) is 16.2. The third kappa shape index (κ3) is 6.69. The fraction of sp³-hybridized carbons (Fsp3) is 0.485. The second-order valence-corrected chi connectivity index (χ2v) is 12.7. The number of urea groups is 1. The number of aromatic amines is 1. The number of imidazole rings is 1. The summed E-state index contributed by atoms with van der Waals surface area (Å²) in [5.74, 6) is 2.45. The molecule has 0 spiro atoms. The summed E-state index contributed by atoms with van der Waals surface area (Å²) in [6, 6.07) is 10.5. The number of amides is 3. The Morgan fingerprint density at radius 2 is 1.67 bits per heavy atom. The van der Waals surface area contributed by atoms with E-state index in [1.807, 2.05) is 29.2 Å². The number of nitrogens with one attached hydrogen (secondary N) is 3. The van der Waals surface area contributed by atoms with Gasteiger partial charge in [-0.1, -0.05) is 29.7 Å². The number of fused-ring (bicyclic) bond motifs is 1. The SMILES string of the molecule is C#Cc1cc(C[C@@H](NC(=O)N2CCC(n3c(=O)[nH]c4ccccc43)CC2)C(=O)N2CCC(N3CCNCC3)CC2)cc(Cl)c1N. The molecule has 4 heterocycles. The number of rotatable bonds is 6. The Hall–Kier alpha value is -3.98. The van der Waals surface area contributed by atoms with Crippen molar-refractivity contribution in [1.82, 2.24) is 34.9 Å². The number of halogens is 1. The fourth-order valence-electron chi connectivity index (χ4n) is 7.07. The zero-order valence-corrected chi connectivity index (χ0v) is 26.2. The highest BCUT2D eigenvalue weighted by atomic mass is 35.5. The Morgan fingerprint density at radius 3 is 2.38 bits per heavy atom. The molecule has 238 valence electrons. The van der Waals surface area contributed by atoms with Gasteiger partial charge in [-0.15, -0.1) is 6.42 Å². The highest BCUT2D eigenvalue weighted by molar-refractivity contribution is 6.33. The molecule has 0 bridgehead atoms. The lowest BCUT2D eigenvalue weighted by Crippen LogP contribution is -2.57. The van der Waals surface area contributed by atoms with Gasteiger partial charge in [0.15, 0.2) is 0 Å². The van der Waals surface area contributed by atoms with Crippen LogP contribution in [0.4, 0.5) is 10.5 Å². The molecule has 1 atom stereocenters. The number of para-hydroxylation sites is 2. The summed E-state index contributed by atoms with van der Waals surface area (Å²) in [5.41, 5.74) is 9.09. The Kier molecular flexibility index (Phi) is 9.35. The van der Waals surface area contributed by atoms with E-state index in [1.165, 1.54) is 0 Å². The van der Waals surface area contributed by atoms with Crippen LogP contribution in [0.25, 0.3) is 11.0 Å². The Morgan fingerprint density at radius 1 is 1.00 bits per heavy atom. The van der Waals surface area contributed by atoms with E-state index >= 15 is 0 Å². The molecule has 2 aromatic carbocycles. The molecule has 6 rings (SSSR count). The molecule has 3 aliphatic heterocycles. The van der Waals surface area contributed by atoms with E-state index in [1.54, 1.807) is 21.6 Å². The molecule has 0 saturated carbocycles. The lowest BCUT2D eigenvalue weighted by Gasteiger charge is -2.41. The number of carbonyl (C=O) groups is 2. The van der Waals surface area contributed by atoms with Crippen molar-refractivity contribution < 1.29 is 9.59 Å². The Bertz CT molecular complexity index is 1640. The number of H-pyrrole nitrogens is 1. The van der Waals surface area contributed by atoms with E-state index in [-0.39, 0.29) is 30.1 Å². The van der Waals surface area contributed by atoms with Crippen LogP contribution in [0.3, 0.4) is 0 Å². The van der Waals surface area contributed by atoms with Gasteiger partial charge in [0.2, 0.25) is 5.91 Å². The Labute approximate surface area is 268 Å². The number of hydrogen-bond acceptors (Lipinski definition) is 6. The van der Waals surface area contributed by atoms with Gasteiger partial charge >= 0.3 is 11.7 Å². The number of nitrogens with two attached hydrogens (primary N) is 1. The lowest BCUT2D eigenvalue weighted by atomic mass is 9.98. The van der Waals surface area contributed by atoms with Crippen molar-refractivity contribution in [2.24, 2.45) is 0 Å². The summed E-state index contributed by atoms with van der Waals surface area (Å²) in [6.07, 6.45) is 8.97.